The van der Waals surface area contributed by atoms with Crippen LogP contribution >= 0.6 is 0 Å². The zero-order valence-corrected chi connectivity index (χ0v) is 12.3. The molecule has 0 saturated carbocycles. The van der Waals surface area contributed by atoms with E-state index >= 15 is 0 Å². The molecule has 18 heavy (non-hydrogen) atoms. The van der Waals surface area contributed by atoms with Crippen LogP contribution in [-0.4, -0.2) is 51.2 Å². The average Bonchev–Trinajstić information content (AvgIpc) is 2.35. The van der Waals surface area contributed by atoms with Crippen molar-refractivity contribution >= 4 is 5.97 Å². The SMILES string of the molecule is COC(=O)C(C)(C)CNCCC1CCN(C)CC1. The van der Waals surface area contributed by atoms with Crippen LogP contribution in [0.5, 0.6) is 0 Å². The molecule has 4 heteroatoms. The molecule has 0 spiro atoms. The third-order valence-corrected chi connectivity index (χ3v) is 3.87. The zero-order valence-electron chi connectivity index (χ0n) is 12.3. The highest BCUT2D eigenvalue weighted by Gasteiger charge is 2.28. The molecule has 0 radical (unpaired) electrons. The monoisotopic (exact) mass is 256 g/mol. The Labute approximate surface area is 111 Å². The van der Waals surface area contributed by atoms with E-state index in [4.69, 9.17) is 4.74 Å². The van der Waals surface area contributed by atoms with Gasteiger partial charge >= 0.3 is 5.97 Å². The molecular weight excluding hydrogens is 228 g/mol. The van der Waals surface area contributed by atoms with Crippen molar-refractivity contribution in [3.63, 3.8) is 0 Å². The van der Waals surface area contributed by atoms with E-state index in [0.717, 1.165) is 12.5 Å². The van der Waals surface area contributed by atoms with Crippen LogP contribution in [-0.2, 0) is 9.53 Å². The van der Waals surface area contributed by atoms with Gasteiger partial charge in [0.25, 0.3) is 0 Å². The fourth-order valence-electron chi connectivity index (χ4n) is 2.41. The second kappa shape index (κ2) is 7.10. The lowest BCUT2D eigenvalue weighted by Gasteiger charge is -2.29. The fraction of sp³-hybridized carbons (Fsp3) is 0.929. The van der Waals surface area contributed by atoms with Crippen molar-refractivity contribution < 1.29 is 9.53 Å². The van der Waals surface area contributed by atoms with E-state index in [1.807, 2.05) is 13.8 Å². The lowest BCUT2D eigenvalue weighted by Crippen LogP contribution is -2.38. The van der Waals surface area contributed by atoms with Crippen LogP contribution in [0.1, 0.15) is 33.1 Å². The Morgan fingerprint density at radius 3 is 2.56 bits per heavy atom. The minimum Gasteiger partial charge on any atom is -0.469 e. The van der Waals surface area contributed by atoms with E-state index in [1.165, 1.54) is 39.5 Å². The Morgan fingerprint density at radius 2 is 2.00 bits per heavy atom. The number of carbonyl (C=O) groups excluding carboxylic acids is 1. The minimum atomic E-state index is -0.429. The van der Waals surface area contributed by atoms with Crippen LogP contribution in [0, 0.1) is 11.3 Å². The number of nitrogens with one attached hydrogen (secondary N) is 1. The van der Waals surface area contributed by atoms with Crippen LogP contribution in [0.25, 0.3) is 0 Å². The third kappa shape index (κ3) is 4.94. The summed E-state index contributed by atoms with van der Waals surface area (Å²) in [5, 5.41) is 3.38. The van der Waals surface area contributed by atoms with Gasteiger partial charge in [-0.25, -0.2) is 0 Å². The first-order chi connectivity index (χ1) is 8.45. The maximum absolute atomic E-state index is 11.5. The third-order valence-electron chi connectivity index (χ3n) is 3.87. The maximum Gasteiger partial charge on any atom is 0.312 e. The van der Waals surface area contributed by atoms with E-state index < -0.39 is 5.41 Å². The van der Waals surface area contributed by atoms with Gasteiger partial charge in [0.05, 0.1) is 12.5 Å². The molecular formula is C14H28N2O2. The minimum absolute atomic E-state index is 0.144. The lowest BCUT2D eigenvalue weighted by atomic mass is 9.92. The molecule has 0 bridgehead atoms. The Balaban J connectivity index is 2.13. The molecule has 106 valence electrons. The predicted octanol–water partition coefficient (Wildman–Crippen LogP) is 1.51. The van der Waals surface area contributed by atoms with Gasteiger partial charge < -0.3 is 15.0 Å². The molecule has 1 saturated heterocycles. The molecule has 0 aliphatic carbocycles. The summed E-state index contributed by atoms with van der Waals surface area (Å²) in [5.74, 6) is 0.698. The number of piperidine rings is 1. The van der Waals surface area contributed by atoms with E-state index in [-0.39, 0.29) is 5.97 Å². The number of hydrogen-bond acceptors (Lipinski definition) is 4. The molecule has 0 amide bonds. The summed E-state index contributed by atoms with van der Waals surface area (Å²) in [7, 11) is 3.63. The number of likely N-dealkylation sites (tertiary alicyclic amines) is 1. The van der Waals surface area contributed by atoms with Crippen molar-refractivity contribution in [2.24, 2.45) is 11.3 Å². The largest absolute Gasteiger partial charge is 0.469 e. The molecule has 1 N–H and O–H groups in total. The van der Waals surface area contributed by atoms with Gasteiger partial charge in [0.1, 0.15) is 0 Å². The summed E-state index contributed by atoms with van der Waals surface area (Å²) in [6.45, 7) is 7.96. The Bertz CT molecular complexity index is 259. The smallest absolute Gasteiger partial charge is 0.312 e. The number of methoxy groups -OCH3 is 1. The van der Waals surface area contributed by atoms with Crippen LogP contribution < -0.4 is 5.32 Å². The fourth-order valence-corrected chi connectivity index (χ4v) is 2.41. The van der Waals surface area contributed by atoms with Crippen LogP contribution in [0.4, 0.5) is 0 Å². The number of hydrogen-bond donors (Lipinski definition) is 1. The van der Waals surface area contributed by atoms with Crippen molar-refractivity contribution in [3.8, 4) is 0 Å². The highest BCUT2D eigenvalue weighted by molar-refractivity contribution is 5.76. The summed E-state index contributed by atoms with van der Waals surface area (Å²) in [5.41, 5.74) is -0.429. The molecule has 0 aromatic carbocycles. The first-order valence-corrected chi connectivity index (χ1v) is 6.93. The summed E-state index contributed by atoms with van der Waals surface area (Å²) in [4.78, 5) is 13.9. The van der Waals surface area contributed by atoms with Gasteiger partial charge in [0.15, 0.2) is 0 Å². The van der Waals surface area contributed by atoms with E-state index in [0.29, 0.717) is 6.54 Å². The number of rotatable bonds is 6. The molecule has 0 atom stereocenters. The van der Waals surface area contributed by atoms with Crippen molar-refractivity contribution in [1.29, 1.82) is 0 Å². The standard InChI is InChI=1S/C14H28N2O2/c1-14(2,13(17)18-4)11-15-8-5-12-6-9-16(3)10-7-12/h12,15H,5-11H2,1-4H3. The first-order valence-electron chi connectivity index (χ1n) is 6.93. The average molecular weight is 256 g/mol. The highest BCUT2D eigenvalue weighted by atomic mass is 16.5. The Kier molecular flexibility index (Phi) is 6.09. The van der Waals surface area contributed by atoms with Crippen LogP contribution in [0.2, 0.25) is 0 Å². The Hall–Kier alpha value is -0.610. The maximum atomic E-state index is 11.5. The molecule has 1 aliphatic rings. The van der Waals surface area contributed by atoms with Gasteiger partial charge in [0, 0.05) is 6.54 Å². The van der Waals surface area contributed by atoms with Gasteiger partial charge in [-0.1, -0.05) is 0 Å². The van der Waals surface area contributed by atoms with Gasteiger partial charge in [-0.3, -0.25) is 4.79 Å². The van der Waals surface area contributed by atoms with Crippen molar-refractivity contribution in [2.75, 3.05) is 40.3 Å². The van der Waals surface area contributed by atoms with E-state index in [1.54, 1.807) is 0 Å². The molecule has 0 aromatic heterocycles. The lowest BCUT2D eigenvalue weighted by molar-refractivity contribution is -0.150. The highest BCUT2D eigenvalue weighted by Crippen LogP contribution is 2.19. The summed E-state index contributed by atoms with van der Waals surface area (Å²) in [6.07, 6.45) is 3.82. The van der Waals surface area contributed by atoms with Crippen LogP contribution in [0.15, 0.2) is 0 Å². The van der Waals surface area contributed by atoms with Crippen molar-refractivity contribution in [3.05, 3.63) is 0 Å². The molecule has 1 aliphatic heterocycles. The number of carbonyl (C=O) groups is 1. The molecule has 1 rings (SSSR count). The summed E-state index contributed by atoms with van der Waals surface area (Å²) in [6, 6.07) is 0. The molecule has 0 aromatic rings. The molecule has 1 heterocycles. The van der Waals surface area contributed by atoms with Gasteiger partial charge in [-0.05, 0) is 65.7 Å². The second-order valence-corrected chi connectivity index (χ2v) is 6.09. The number of nitrogens with zero attached hydrogens (tertiary/aromatic N) is 1. The van der Waals surface area contributed by atoms with Gasteiger partial charge in [-0.2, -0.15) is 0 Å². The van der Waals surface area contributed by atoms with Crippen molar-refractivity contribution in [1.82, 2.24) is 10.2 Å². The van der Waals surface area contributed by atoms with E-state index in [2.05, 4.69) is 17.3 Å². The zero-order chi connectivity index (χ0) is 13.6. The number of ether oxygens (including phenoxy) is 1. The van der Waals surface area contributed by atoms with Crippen molar-refractivity contribution in [2.45, 2.75) is 33.1 Å². The Morgan fingerprint density at radius 1 is 1.39 bits per heavy atom. The first kappa shape index (κ1) is 15.4. The topological polar surface area (TPSA) is 41.6 Å². The second-order valence-electron chi connectivity index (χ2n) is 6.09. The van der Waals surface area contributed by atoms with Gasteiger partial charge in [-0.15, -0.1) is 0 Å². The predicted molar refractivity (Wildman–Crippen MR) is 73.5 cm³/mol. The number of esters is 1. The van der Waals surface area contributed by atoms with Crippen LogP contribution in [0.3, 0.4) is 0 Å². The quantitative estimate of drug-likeness (QED) is 0.578. The molecule has 1 fully saturated rings. The normalized spacial score (nSPS) is 18.9. The molecule has 4 nitrogen and oxygen atoms in total. The van der Waals surface area contributed by atoms with E-state index in [9.17, 15) is 4.79 Å². The summed E-state index contributed by atoms with van der Waals surface area (Å²) < 4.78 is 4.79. The summed E-state index contributed by atoms with van der Waals surface area (Å²) >= 11 is 0. The van der Waals surface area contributed by atoms with Gasteiger partial charge in [0.2, 0.25) is 0 Å². The molecule has 0 unspecified atom stereocenters.